The Labute approximate surface area is 237 Å². The molecule has 4 heterocycles. The van der Waals surface area contributed by atoms with Gasteiger partial charge in [0, 0.05) is 48.6 Å². The van der Waals surface area contributed by atoms with Crippen LogP contribution in [0.4, 0.5) is 0 Å². The summed E-state index contributed by atoms with van der Waals surface area (Å²) in [6, 6.07) is 39.2. The molecule has 0 N–H and O–H groups in total. The lowest BCUT2D eigenvalue weighted by Crippen LogP contribution is -2.55. The molecular formula is C36H25BN2S. The first kappa shape index (κ1) is 21.6. The van der Waals surface area contributed by atoms with Crippen molar-refractivity contribution in [3.05, 3.63) is 115 Å². The molecule has 0 saturated heterocycles. The third-order valence-electron chi connectivity index (χ3n) is 9.76. The van der Waals surface area contributed by atoms with Gasteiger partial charge in [0.15, 0.2) is 0 Å². The molecular weight excluding hydrogens is 503 g/mol. The minimum absolute atomic E-state index is 0.455. The Morgan fingerprint density at radius 3 is 2.35 bits per heavy atom. The van der Waals surface area contributed by atoms with Gasteiger partial charge in [-0.2, -0.15) is 0 Å². The zero-order valence-electron chi connectivity index (χ0n) is 21.9. The van der Waals surface area contributed by atoms with Crippen LogP contribution in [0.15, 0.2) is 125 Å². The normalized spacial score (nSPS) is 19.1. The van der Waals surface area contributed by atoms with Crippen LogP contribution in [0.25, 0.3) is 49.3 Å². The van der Waals surface area contributed by atoms with Crippen molar-refractivity contribution in [1.29, 1.82) is 0 Å². The Morgan fingerprint density at radius 1 is 0.625 bits per heavy atom. The second-order valence-electron chi connectivity index (χ2n) is 11.6. The van der Waals surface area contributed by atoms with Gasteiger partial charge in [0.25, 0.3) is 0 Å². The highest BCUT2D eigenvalue weighted by Gasteiger charge is 2.46. The molecule has 1 aliphatic carbocycles. The van der Waals surface area contributed by atoms with Crippen LogP contribution < -0.4 is 10.9 Å². The van der Waals surface area contributed by atoms with Crippen LogP contribution in [0.1, 0.15) is 18.9 Å². The number of rotatable bonds is 1. The molecule has 0 amide bonds. The molecule has 2 nitrogen and oxygen atoms in total. The number of hydrogen-bond acceptors (Lipinski definition) is 1. The Balaban J connectivity index is 1.38. The monoisotopic (exact) mass is 528 g/mol. The number of aromatic nitrogens is 2. The van der Waals surface area contributed by atoms with Crippen molar-refractivity contribution >= 4 is 73.0 Å². The quantitative estimate of drug-likeness (QED) is 0.154. The Kier molecular flexibility index (Phi) is 4.19. The fourth-order valence-corrected chi connectivity index (χ4v) is 9.39. The fraction of sp³-hybridized carbons (Fsp3) is 0.111. The molecule has 5 aromatic carbocycles. The van der Waals surface area contributed by atoms with Crippen LogP contribution >= 0.6 is 11.8 Å². The lowest BCUT2D eigenvalue weighted by atomic mass is 9.30. The van der Waals surface area contributed by atoms with Crippen LogP contribution in [0.2, 0.25) is 5.82 Å². The third-order valence-corrected chi connectivity index (χ3v) is 10.9. The average molecular weight is 528 g/mol. The van der Waals surface area contributed by atoms with Crippen molar-refractivity contribution < 1.29 is 0 Å². The summed E-state index contributed by atoms with van der Waals surface area (Å²) in [5, 5.41) is 5.44. The van der Waals surface area contributed by atoms with Crippen molar-refractivity contribution in [3.8, 4) is 5.69 Å². The Bertz CT molecular complexity index is 2220. The summed E-state index contributed by atoms with van der Waals surface area (Å²) in [7, 11) is 0. The number of benzene rings is 5. The number of para-hydroxylation sites is 2. The van der Waals surface area contributed by atoms with Crippen molar-refractivity contribution in [2.45, 2.75) is 34.5 Å². The summed E-state index contributed by atoms with van der Waals surface area (Å²) in [5.74, 6) is 0.570. The van der Waals surface area contributed by atoms with Gasteiger partial charge in [-0.1, -0.05) is 90.0 Å². The molecule has 2 aromatic heterocycles. The maximum atomic E-state index is 2.76. The minimum atomic E-state index is 0.455. The van der Waals surface area contributed by atoms with Crippen LogP contribution in [-0.2, 0) is 0 Å². The minimum Gasteiger partial charge on any atom is -0.338 e. The number of allylic oxidation sites excluding steroid dienone is 2. The van der Waals surface area contributed by atoms with Gasteiger partial charge in [-0.15, -0.1) is 0 Å². The second-order valence-corrected chi connectivity index (χ2v) is 12.7. The van der Waals surface area contributed by atoms with E-state index in [1.165, 1.54) is 64.6 Å². The number of nitrogens with zero attached hydrogens (tertiary/aromatic N) is 2. The van der Waals surface area contributed by atoms with Crippen LogP contribution in [0.3, 0.4) is 0 Å². The molecule has 0 saturated carbocycles. The summed E-state index contributed by atoms with van der Waals surface area (Å²) < 4.78 is 5.21. The summed E-state index contributed by atoms with van der Waals surface area (Å²) in [4.78, 5) is 2.88. The van der Waals surface area contributed by atoms with Crippen molar-refractivity contribution in [3.63, 3.8) is 0 Å². The number of fused-ring (bicyclic) bond motifs is 11. The number of hydrogen-bond donors (Lipinski definition) is 0. The van der Waals surface area contributed by atoms with Crippen LogP contribution in [-0.4, -0.2) is 15.8 Å². The predicted molar refractivity (Wildman–Crippen MR) is 171 cm³/mol. The summed E-state index contributed by atoms with van der Waals surface area (Å²) in [6.45, 7) is 0.455. The van der Waals surface area contributed by atoms with Crippen molar-refractivity contribution in [2.75, 3.05) is 0 Å². The molecule has 0 bridgehead atoms. The summed E-state index contributed by atoms with van der Waals surface area (Å²) in [6.07, 6.45) is 7.10. The molecule has 40 heavy (non-hydrogen) atoms. The zero-order chi connectivity index (χ0) is 25.9. The molecule has 3 aliphatic rings. The van der Waals surface area contributed by atoms with E-state index in [0.29, 0.717) is 18.6 Å². The summed E-state index contributed by atoms with van der Waals surface area (Å²) in [5.41, 5.74) is 9.72. The molecule has 10 rings (SSSR count). The predicted octanol–water partition coefficient (Wildman–Crippen LogP) is 8.24. The molecule has 0 spiro atoms. The SMILES string of the molecule is C1=CCC2C(C1)B1c3ccccc3Sc3ccc4c5cc6c(cc5n2c4c31)c1ccccc1n6-c1ccccc1. The van der Waals surface area contributed by atoms with E-state index in [9.17, 15) is 0 Å². The van der Waals surface area contributed by atoms with E-state index in [0.717, 1.165) is 12.8 Å². The molecule has 2 unspecified atom stereocenters. The first-order chi connectivity index (χ1) is 19.9. The first-order valence-corrected chi connectivity index (χ1v) is 15.2. The van der Waals surface area contributed by atoms with Gasteiger partial charge in [-0.05, 0) is 66.6 Å². The van der Waals surface area contributed by atoms with Crippen molar-refractivity contribution in [1.82, 2.24) is 9.13 Å². The van der Waals surface area contributed by atoms with Gasteiger partial charge in [-0.3, -0.25) is 0 Å². The van der Waals surface area contributed by atoms with Gasteiger partial charge < -0.3 is 9.13 Å². The largest absolute Gasteiger partial charge is 0.338 e. The van der Waals surface area contributed by atoms with Gasteiger partial charge in [0.2, 0.25) is 6.71 Å². The highest BCUT2D eigenvalue weighted by molar-refractivity contribution is 8.00. The van der Waals surface area contributed by atoms with Gasteiger partial charge in [-0.25, -0.2) is 0 Å². The molecule has 7 aromatic rings. The first-order valence-electron chi connectivity index (χ1n) is 14.4. The van der Waals surface area contributed by atoms with Gasteiger partial charge in [0.05, 0.1) is 16.6 Å². The van der Waals surface area contributed by atoms with Gasteiger partial charge in [0.1, 0.15) is 0 Å². The molecule has 0 fully saturated rings. The Morgan fingerprint density at radius 2 is 1.40 bits per heavy atom. The van der Waals surface area contributed by atoms with E-state index in [-0.39, 0.29) is 0 Å². The molecule has 4 heteroatoms. The zero-order valence-corrected chi connectivity index (χ0v) is 22.7. The van der Waals surface area contributed by atoms with E-state index in [2.05, 4.69) is 124 Å². The smallest absolute Gasteiger partial charge is 0.220 e. The maximum absolute atomic E-state index is 2.76. The molecule has 2 atom stereocenters. The maximum Gasteiger partial charge on any atom is 0.220 e. The van der Waals surface area contributed by atoms with Crippen LogP contribution in [0, 0.1) is 0 Å². The van der Waals surface area contributed by atoms with E-state index in [1.54, 1.807) is 5.46 Å². The van der Waals surface area contributed by atoms with Crippen LogP contribution in [0.5, 0.6) is 0 Å². The second kappa shape index (κ2) is 7.74. The molecule has 0 radical (unpaired) electrons. The highest BCUT2D eigenvalue weighted by Crippen LogP contribution is 2.50. The van der Waals surface area contributed by atoms with Gasteiger partial charge >= 0.3 is 0 Å². The Hall–Kier alpha value is -4.15. The van der Waals surface area contributed by atoms with E-state index in [1.807, 2.05) is 11.8 Å². The molecule has 2 aliphatic heterocycles. The van der Waals surface area contributed by atoms with Crippen molar-refractivity contribution in [2.24, 2.45) is 0 Å². The molecule has 188 valence electrons. The fourth-order valence-electron chi connectivity index (χ4n) is 8.22. The van der Waals surface area contributed by atoms with E-state index in [4.69, 9.17) is 0 Å². The lowest BCUT2D eigenvalue weighted by molar-refractivity contribution is 0.476. The standard InChI is InChI=1S/C36H25BN2S/c1-2-10-22(11-3-1)38-29-15-7-4-12-23(29)25-20-32-26(21-31(25)38)24-18-19-34-35-36(24)39(32)30-16-8-5-13-27(30)37(35)28-14-6-9-17-33(28)40-34/h1-12,14-15,17-21,27,30H,13,16H2. The highest BCUT2D eigenvalue weighted by atomic mass is 32.2. The summed E-state index contributed by atoms with van der Waals surface area (Å²) >= 11 is 1.96. The average Bonchev–Trinajstić information content (AvgIpc) is 3.52. The topological polar surface area (TPSA) is 9.86 Å². The van der Waals surface area contributed by atoms with E-state index < -0.39 is 0 Å². The third kappa shape index (κ3) is 2.63. The van der Waals surface area contributed by atoms with E-state index >= 15 is 0 Å². The lowest BCUT2D eigenvalue weighted by Gasteiger charge is -2.42.